The maximum absolute atomic E-state index is 5.21. The van der Waals surface area contributed by atoms with Gasteiger partial charge >= 0.3 is 0 Å². The van der Waals surface area contributed by atoms with E-state index in [4.69, 9.17) is 9.98 Å². The predicted molar refractivity (Wildman–Crippen MR) is 247 cm³/mol. The number of rotatable bonds is 5. The topological polar surface area (TPSA) is 40.0 Å². The van der Waals surface area contributed by atoms with Crippen LogP contribution in [0.25, 0.3) is 33.0 Å². The summed E-state index contributed by atoms with van der Waals surface area (Å²) < 4.78 is 0. The molecule has 1 spiro atoms. The maximum atomic E-state index is 5.21. The van der Waals surface area contributed by atoms with Crippen LogP contribution in [0.1, 0.15) is 45.1 Å². The van der Waals surface area contributed by atoms with E-state index in [0.29, 0.717) is 0 Å². The van der Waals surface area contributed by atoms with Crippen LogP contribution in [-0.2, 0) is 5.41 Å². The number of fused-ring (bicyclic) bond motifs is 11. The van der Waals surface area contributed by atoms with E-state index in [0.717, 1.165) is 45.2 Å². The molecule has 1 aliphatic carbocycles. The van der Waals surface area contributed by atoms with Gasteiger partial charge in [0.15, 0.2) is 6.17 Å². The summed E-state index contributed by atoms with van der Waals surface area (Å²) in [6, 6.07) is 79.0. The lowest BCUT2D eigenvalue weighted by Crippen LogP contribution is -2.36. The summed E-state index contributed by atoms with van der Waals surface area (Å²) in [5.41, 5.74) is 16.0. The van der Waals surface area contributed by atoms with E-state index in [1.54, 1.807) is 0 Å². The Kier molecular flexibility index (Phi) is 7.79. The number of amidine groups is 2. The predicted octanol–water partition coefficient (Wildman–Crippen LogP) is 13.1. The average Bonchev–Trinajstić information content (AvgIpc) is 3.63. The molecule has 1 atom stereocenters. The van der Waals surface area contributed by atoms with Gasteiger partial charge < -0.3 is 10.2 Å². The minimum Gasteiger partial charge on any atom is -0.324 e. The molecule has 0 aromatic heterocycles. The van der Waals surface area contributed by atoms with Crippen LogP contribution in [0, 0.1) is 0 Å². The molecular weight excluding hydrogens is 729 g/mol. The number of aliphatic imine (C=N–C) groups is 2. The minimum atomic E-state index is -0.587. The van der Waals surface area contributed by atoms with Gasteiger partial charge in [-0.25, -0.2) is 9.98 Å². The lowest BCUT2D eigenvalue weighted by molar-refractivity contribution is 0.756. The molecule has 2 heterocycles. The fourth-order valence-electron chi connectivity index (χ4n) is 9.92. The van der Waals surface area contributed by atoms with E-state index < -0.39 is 5.41 Å². The molecule has 60 heavy (non-hydrogen) atoms. The van der Waals surface area contributed by atoms with E-state index in [9.17, 15) is 0 Å². The van der Waals surface area contributed by atoms with Crippen molar-refractivity contribution >= 4 is 39.5 Å². The fourth-order valence-corrected chi connectivity index (χ4v) is 9.92. The first-order valence-electron chi connectivity index (χ1n) is 20.6. The third-order valence-corrected chi connectivity index (χ3v) is 12.5. The zero-order valence-corrected chi connectivity index (χ0v) is 32.7. The summed E-state index contributed by atoms with van der Waals surface area (Å²) in [6.07, 6.45) is -0.364. The molecule has 0 amide bonds. The summed E-state index contributed by atoms with van der Waals surface area (Å²) in [5, 5.41) is 6.13. The van der Waals surface area contributed by atoms with Gasteiger partial charge in [-0.05, 0) is 97.2 Å². The van der Waals surface area contributed by atoms with Crippen LogP contribution in [0.15, 0.2) is 228 Å². The van der Waals surface area contributed by atoms with Crippen molar-refractivity contribution in [2.24, 2.45) is 9.98 Å². The Morgan fingerprint density at radius 1 is 0.417 bits per heavy atom. The largest absolute Gasteiger partial charge is 0.324 e. The van der Waals surface area contributed by atoms with E-state index in [2.05, 4.69) is 204 Å². The lowest BCUT2D eigenvalue weighted by atomic mass is 9.63. The number of para-hydroxylation sites is 3. The van der Waals surface area contributed by atoms with Crippen LogP contribution in [-0.4, -0.2) is 11.7 Å². The Morgan fingerprint density at radius 3 is 1.73 bits per heavy atom. The first-order valence-corrected chi connectivity index (χ1v) is 20.6. The molecule has 0 bridgehead atoms. The van der Waals surface area contributed by atoms with Gasteiger partial charge in [0, 0.05) is 16.8 Å². The SMILES string of the molecule is c1ccc(C2=NC(c3ccccc3)N=C(c3cccc(-c4ccc5c(c4)C4(c6ccccc6N(c6ccccc6)c6ccccc64)c4c-5ccc5ccccc45)c3)N2)cc1. The van der Waals surface area contributed by atoms with E-state index in [-0.39, 0.29) is 6.17 Å². The number of benzene rings is 9. The van der Waals surface area contributed by atoms with Crippen molar-refractivity contribution in [1.29, 1.82) is 0 Å². The molecule has 0 saturated carbocycles. The van der Waals surface area contributed by atoms with Crippen LogP contribution >= 0.6 is 0 Å². The van der Waals surface area contributed by atoms with Crippen LogP contribution in [0.5, 0.6) is 0 Å². The quantitative estimate of drug-likeness (QED) is 0.189. The third kappa shape index (κ3) is 5.17. The van der Waals surface area contributed by atoms with Crippen LogP contribution in [0.3, 0.4) is 0 Å². The standard InChI is InChI=1S/C56H38N4/c1-4-18-38(19-5-1)53-57-54(39-20-6-2-7-21-39)59-55(58-53)42-23-16-22-40(35-42)41-32-33-45-46-34-31-37-17-10-11-26-44(37)52(46)56(49(45)36-41)47-27-12-14-29-50(47)60(43-24-8-3-9-25-43)51-30-15-13-28-48(51)56/h1-36,53H,(H,57,58,59). The van der Waals surface area contributed by atoms with Crippen molar-refractivity contribution in [3.8, 4) is 22.3 Å². The number of nitrogens with zero attached hydrogens (tertiary/aromatic N) is 3. The number of nitrogens with one attached hydrogen (secondary N) is 1. The fraction of sp³-hybridized carbons (Fsp3) is 0.0357. The van der Waals surface area contributed by atoms with Crippen molar-refractivity contribution in [2.45, 2.75) is 11.6 Å². The van der Waals surface area contributed by atoms with Gasteiger partial charge in [-0.2, -0.15) is 0 Å². The molecule has 0 fully saturated rings. The molecule has 282 valence electrons. The molecule has 0 radical (unpaired) electrons. The smallest absolute Gasteiger partial charge is 0.169 e. The lowest BCUT2D eigenvalue weighted by Gasteiger charge is -2.45. The number of hydrogen-bond acceptors (Lipinski definition) is 4. The highest BCUT2D eigenvalue weighted by molar-refractivity contribution is 6.16. The Morgan fingerprint density at radius 2 is 0.983 bits per heavy atom. The van der Waals surface area contributed by atoms with Gasteiger partial charge in [0.1, 0.15) is 11.7 Å². The molecule has 0 saturated heterocycles. The number of hydrogen-bond donors (Lipinski definition) is 1. The highest BCUT2D eigenvalue weighted by atomic mass is 15.2. The first kappa shape index (κ1) is 34.2. The molecule has 2 aliphatic heterocycles. The van der Waals surface area contributed by atoms with Crippen molar-refractivity contribution in [1.82, 2.24) is 5.32 Å². The molecule has 4 heteroatoms. The molecule has 4 nitrogen and oxygen atoms in total. The van der Waals surface area contributed by atoms with Gasteiger partial charge in [0.05, 0.1) is 16.8 Å². The van der Waals surface area contributed by atoms with Crippen LogP contribution in [0.2, 0.25) is 0 Å². The third-order valence-electron chi connectivity index (χ3n) is 12.5. The highest BCUT2D eigenvalue weighted by Crippen LogP contribution is 2.64. The minimum absolute atomic E-state index is 0.364. The summed E-state index contributed by atoms with van der Waals surface area (Å²) in [7, 11) is 0. The van der Waals surface area contributed by atoms with E-state index in [1.165, 1.54) is 55.5 Å². The molecule has 3 aliphatic rings. The van der Waals surface area contributed by atoms with Crippen molar-refractivity contribution < 1.29 is 0 Å². The monoisotopic (exact) mass is 766 g/mol. The molecule has 12 rings (SSSR count). The number of anilines is 3. The Balaban J connectivity index is 1.06. The van der Waals surface area contributed by atoms with Crippen molar-refractivity contribution in [2.75, 3.05) is 4.90 Å². The molecular formula is C56H38N4. The summed E-state index contributed by atoms with van der Waals surface area (Å²) in [5.74, 6) is 1.61. The van der Waals surface area contributed by atoms with E-state index >= 15 is 0 Å². The molecule has 9 aromatic rings. The summed E-state index contributed by atoms with van der Waals surface area (Å²) in [6.45, 7) is 0. The Bertz CT molecular complexity index is 3140. The Hall–Kier alpha value is -7.82. The van der Waals surface area contributed by atoms with Gasteiger partial charge in [0.25, 0.3) is 0 Å². The van der Waals surface area contributed by atoms with Gasteiger partial charge in [0.2, 0.25) is 0 Å². The molecule has 9 aromatic carbocycles. The van der Waals surface area contributed by atoms with Crippen molar-refractivity contribution in [3.05, 3.63) is 257 Å². The van der Waals surface area contributed by atoms with Crippen molar-refractivity contribution in [3.63, 3.8) is 0 Å². The molecule has 1 unspecified atom stereocenters. The van der Waals surface area contributed by atoms with E-state index in [1.807, 2.05) is 24.3 Å². The second kappa shape index (κ2) is 13.6. The second-order valence-electron chi connectivity index (χ2n) is 15.7. The summed E-state index contributed by atoms with van der Waals surface area (Å²) in [4.78, 5) is 12.7. The zero-order valence-electron chi connectivity index (χ0n) is 32.7. The van der Waals surface area contributed by atoms with Gasteiger partial charge in [-0.1, -0.05) is 182 Å². The normalized spacial score (nSPS) is 15.6. The maximum Gasteiger partial charge on any atom is 0.169 e. The zero-order chi connectivity index (χ0) is 39.6. The second-order valence-corrected chi connectivity index (χ2v) is 15.7. The van der Waals surface area contributed by atoms with Crippen LogP contribution < -0.4 is 10.2 Å². The van der Waals surface area contributed by atoms with Gasteiger partial charge in [-0.15, -0.1) is 0 Å². The Labute approximate surface area is 349 Å². The first-order chi connectivity index (χ1) is 29.8. The average molecular weight is 767 g/mol. The molecule has 1 N–H and O–H groups in total. The van der Waals surface area contributed by atoms with Crippen LogP contribution in [0.4, 0.5) is 17.1 Å². The summed E-state index contributed by atoms with van der Waals surface area (Å²) >= 11 is 0. The van der Waals surface area contributed by atoms with Gasteiger partial charge in [-0.3, -0.25) is 0 Å². The highest BCUT2D eigenvalue weighted by Gasteiger charge is 2.52.